The summed E-state index contributed by atoms with van der Waals surface area (Å²) in [6, 6.07) is 4.37. The summed E-state index contributed by atoms with van der Waals surface area (Å²) in [6.45, 7) is 5.67. The van der Waals surface area contributed by atoms with Gasteiger partial charge >= 0.3 is 5.97 Å². The topological polar surface area (TPSA) is 101 Å². The second-order valence-electron chi connectivity index (χ2n) is 6.30. The van der Waals surface area contributed by atoms with Crippen LogP contribution < -0.4 is 0 Å². The number of nitrogens with zero attached hydrogens (tertiary/aromatic N) is 2. The molecule has 1 heterocycles. The molecule has 0 saturated carbocycles. The predicted molar refractivity (Wildman–Crippen MR) is 83.3 cm³/mol. The fourth-order valence-corrected chi connectivity index (χ4v) is 3.12. The summed E-state index contributed by atoms with van der Waals surface area (Å²) in [4.78, 5) is 36.3. The molecule has 1 aromatic rings. The standard InChI is InChI=1S/C16H20N2O5/c1-10(2)16(15(20)21)7-8-17(9-16)14(19)12-5-4-6-13(11(12)3)18(22)23/h4-6,10H,7-9H2,1-3H3,(H,20,21). The van der Waals surface area contributed by atoms with E-state index >= 15 is 0 Å². The first-order valence-electron chi connectivity index (χ1n) is 7.47. The van der Waals surface area contributed by atoms with Crippen molar-refractivity contribution in [3.05, 3.63) is 39.4 Å². The zero-order chi connectivity index (χ0) is 17.4. The van der Waals surface area contributed by atoms with Crippen LogP contribution in [0.1, 0.15) is 36.2 Å². The molecule has 0 bridgehead atoms. The lowest BCUT2D eigenvalue weighted by Crippen LogP contribution is -2.40. The SMILES string of the molecule is Cc1c(C(=O)N2CCC(C(=O)O)(C(C)C)C2)cccc1[N+](=O)[O-]. The Kier molecular flexibility index (Phi) is 4.40. The summed E-state index contributed by atoms with van der Waals surface area (Å²) < 4.78 is 0. The fourth-order valence-electron chi connectivity index (χ4n) is 3.12. The quantitative estimate of drug-likeness (QED) is 0.678. The van der Waals surface area contributed by atoms with E-state index in [1.807, 2.05) is 13.8 Å². The molecular weight excluding hydrogens is 300 g/mol. The molecule has 7 heteroatoms. The van der Waals surface area contributed by atoms with Crippen LogP contribution >= 0.6 is 0 Å². The number of hydrogen-bond donors (Lipinski definition) is 1. The molecule has 0 radical (unpaired) electrons. The van der Waals surface area contributed by atoms with Gasteiger partial charge in [0.15, 0.2) is 0 Å². The zero-order valence-electron chi connectivity index (χ0n) is 13.4. The smallest absolute Gasteiger partial charge is 0.311 e. The summed E-state index contributed by atoms with van der Waals surface area (Å²) in [7, 11) is 0. The molecule has 0 aliphatic carbocycles. The van der Waals surface area contributed by atoms with Gasteiger partial charge in [-0.05, 0) is 25.3 Å². The Morgan fingerprint density at radius 3 is 2.52 bits per heavy atom. The Bertz CT molecular complexity index is 670. The lowest BCUT2D eigenvalue weighted by Gasteiger charge is -2.28. The lowest BCUT2D eigenvalue weighted by molar-refractivity contribution is -0.385. The van der Waals surface area contributed by atoms with Gasteiger partial charge in [-0.15, -0.1) is 0 Å². The third-order valence-electron chi connectivity index (χ3n) is 4.85. The molecule has 1 atom stereocenters. The molecule has 0 spiro atoms. The minimum Gasteiger partial charge on any atom is -0.481 e. The van der Waals surface area contributed by atoms with Crippen LogP contribution in [-0.2, 0) is 4.79 Å². The molecule has 1 amide bonds. The van der Waals surface area contributed by atoms with E-state index in [1.165, 1.54) is 24.0 Å². The van der Waals surface area contributed by atoms with Gasteiger partial charge in [-0.2, -0.15) is 0 Å². The molecule has 23 heavy (non-hydrogen) atoms. The normalized spacial score (nSPS) is 20.8. The lowest BCUT2D eigenvalue weighted by atomic mass is 9.76. The van der Waals surface area contributed by atoms with Crippen LogP contribution in [0, 0.1) is 28.4 Å². The Labute approximate surface area is 134 Å². The number of carbonyl (C=O) groups is 2. The minimum absolute atomic E-state index is 0.107. The summed E-state index contributed by atoms with van der Waals surface area (Å²) in [5.41, 5.74) is -0.503. The van der Waals surface area contributed by atoms with Gasteiger partial charge in [0.25, 0.3) is 11.6 Å². The highest BCUT2D eigenvalue weighted by atomic mass is 16.6. The molecule has 0 aromatic heterocycles. The number of rotatable bonds is 4. The number of amides is 1. The molecule has 2 rings (SSSR count). The molecule has 124 valence electrons. The Morgan fingerprint density at radius 1 is 1.39 bits per heavy atom. The summed E-state index contributed by atoms with van der Waals surface area (Å²) in [5.74, 6) is -1.36. The zero-order valence-corrected chi connectivity index (χ0v) is 13.4. The number of nitro groups is 1. The van der Waals surface area contributed by atoms with Crippen molar-refractivity contribution in [2.24, 2.45) is 11.3 Å². The van der Waals surface area contributed by atoms with Crippen LogP contribution in [0.25, 0.3) is 0 Å². The molecular formula is C16H20N2O5. The monoisotopic (exact) mass is 320 g/mol. The van der Waals surface area contributed by atoms with E-state index < -0.39 is 16.3 Å². The largest absolute Gasteiger partial charge is 0.481 e. The van der Waals surface area contributed by atoms with E-state index in [2.05, 4.69) is 0 Å². The molecule has 1 saturated heterocycles. The van der Waals surface area contributed by atoms with Gasteiger partial charge in [-0.25, -0.2) is 0 Å². The number of hydrogen-bond acceptors (Lipinski definition) is 4. The molecule has 1 aromatic carbocycles. The van der Waals surface area contributed by atoms with Crippen molar-refractivity contribution < 1.29 is 19.6 Å². The maximum absolute atomic E-state index is 12.7. The summed E-state index contributed by atoms with van der Waals surface area (Å²) in [6.07, 6.45) is 0.389. The number of carbonyl (C=O) groups excluding carboxylic acids is 1. The Morgan fingerprint density at radius 2 is 2.04 bits per heavy atom. The van der Waals surface area contributed by atoms with Crippen molar-refractivity contribution in [2.75, 3.05) is 13.1 Å². The van der Waals surface area contributed by atoms with E-state index in [9.17, 15) is 24.8 Å². The molecule has 1 fully saturated rings. The average Bonchev–Trinajstić information content (AvgIpc) is 2.93. The number of benzene rings is 1. The number of likely N-dealkylation sites (tertiary alicyclic amines) is 1. The molecule has 1 aliphatic heterocycles. The maximum atomic E-state index is 12.7. The second-order valence-corrected chi connectivity index (χ2v) is 6.30. The van der Waals surface area contributed by atoms with Crippen molar-refractivity contribution in [1.29, 1.82) is 0 Å². The van der Waals surface area contributed by atoms with E-state index in [1.54, 1.807) is 6.07 Å². The van der Waals surface area contributed by atoms with Crippen molar-refractivity contribution in [1.82, 2.24) is 4.90 Å². The highest BCUT2D eigenvalue weighted by Crippen LogP contribution is 2.39. The van der Waals surface area contributed by atoms with E-state index in [0.29, 0.717) is 18.5 Å². The van der Waals surface area contributed by atoms with Crippen LogP contribution in [-0.4, -0.2) is 39.9 Å². The van der Waals surface area contributed by atoms with E-state index in [0.717, 1.165) is 0 Å². The van der Waals surface area contributed by atoms with Gasteiger partial charge in [0.2, 0.25) is 0 Å². The van der Waals surface area contributed by atoms with Gasteiger partial charge in [0.1, 0.15) is 0 Å². The highest BCUT2D eigenvalue weighted by molar-refractivity contribution is 5.97. The number of nitro benzene ring substituents is 1. The van der Waals surface area contributed by atoms with Gasteiger partial charge in [0.05, 0.1) is 10.3 Å². The molecule has 1 aliphatic rings. The first-order chi connectivity index (χ1) is 10.7. The van der Waals surface area contributed by atoms with Crippen molar-refractivity contribution >= 4 is 17.6 Å². The predicted octanol–water partition coefficient (Wildman–Crippen LogP) is 2.48. The number of carboxylic acids is 1. The van der Waals surface area contributed by atoms with Gasteiger partial charge in [-0.3, -0.25) is 19.7 Å². The first-order valence-corrected chi connectivity index (χ1v) is 7.47. The van der Waals surface area contributed by atoms with E-state index in [-0.39, 0.29) is 29.6 Å². The van der Waals surface area contributed by atoms with Crippen molar-refractivity contribution in [2.45, 2.75) is 27.2 Å². The van der Waals surface area contributed by atoms with Crippen molar-refractivity contribution in [3.8, 4) is 0 Å². The van der Waals surface area contributed by atoms with Gasteiger partial charge < -0.3 is 10.0 Å². The van der Waals surface area contributed by atoms with Crippen LogP contribution in [0.4, 0.5) is 5.69 Å². The summed E-state index contributed by atoms with van der Waals surface area (Å²) >= 11 is 0. The minimum atomic E-state index is -0.954. The average molecular weight is 320 g/mol. The maximum Gasteiger partial charge on any atom is 0.311 e. The van der Waals surface area contributed by atoms with Crippen molar-refractivity contribution in [3.63, 3.8) is 0 Å². The highest BCUT2D eigenvalue weighted by Gasteiger charge is 2.48. The third-order valence-corrected chi connectivity index (χ3v) is 4.85. The Balaban J connectivity index is 2.32. The van der Waals surface area contributed by atoms with Crippen LogP contribution in [0.2, 0.25) is 0 Å². The summed E-state index contributed by atoms with van der Waals surface area (Å²) in [5, 5.41) is 20.6. The van der Waals surface area contributed by atoms with Crippen LogP contribution in [0.5, 0.6) is 0 Å². The van der Waals surface area contributed by atoms with Crippen LogP contribution in [0.3, 0.4) is 0 Å². The molecule has 7 nitrogen and oxygen atoms in total. The fraction of sp³-hybridized carbons (Fsp3) is 0.500. The third kappa shape index (κ3) is 2.78. The van der Waals surface area contributed by atoms with Gasteiger partial charge in [0, 0.05) is 30.3 Å². The molecule has 1 unspecified atom stereocenters. The Hall–Kier alpha value is -2.44. The van der Waals surface area contributed by atoms with E-state index in [4.69, 9.17) is 0 Å². The first kappa shape index (κ1) is 16.9. The van der Waals surface area contributed by atoms with Crippen LogP contribution in [0.15, 0.2) is 18.2 Å². The number of aliphatic carboxylic acids is 1. The molecule has 1 N–H and O–H groups in total. The second kappa shape index (κ2) is 5.98. The van der Waals surface area contributed by atoms with Gasteiger partial charge in [-0.1, -0.05) is 19.9 Å². The number of carboxylic acid groups (broad SMARTS) is 1.